The fourth-order valence-electron chi connectivity index (χ4n) is 2.46. The molecule has 1 heterocycles. The Morgan fingerprint density at radius 2 is 2.28 bits per heavy atom. The third-order valence-corrected chi connectivity index (χ3v) is 3.45. The highest BCUT2D eigenvalue weighted by molar-refractivity contribution is 6.30. The van der Waals surface area contributed by atoms with Crippen LogP contribution in [-0.2, 0) is 4.79 Å². The second-order valence-corrected chi connectivity index (χ2v) is 5.00. The number of benzene rings is 1. The van der Waals surface area contributed by atoms with Gasteiger partial charge in [-0.25, -0.2) is 4.39 Å². The molecular formula is C13H16ClFN2O. The Balaban J connectivity index is 2.37. The molecule has 0 spiro atoms. The number of hydrogen-bond acceptors (Lipinski definition) is 2. The molecule has 2 N–H and O–H groups in total. The summed E-state index contributed by atoms with van der Waals surface area (Å²) >= 11 is 5.73. The van der Waals surface area contributed by atoms with Gasteiger partial charge >= 0.3 is 0 Å². The van der Waals surface area contributed by atoms with Gasteiger partial charge in [-0.1, -0.05) is 24.6 Å². The molecule has 0 aromatic heterocycles. The van der Waals surface area contributed by atoms with E-state index in [1.54, 1.807) is 17.0 Å². The number of amides is 1. The van der Waals surface area contributed by atoms with Gasteiger partial charge in [-0.2, -0.15) is 0 Å². The van der Waals surface area contributed by atoms with Crippen molar-refractivity contribution in [1.29, 1.82) is 0 Å². The standard InChI is InChI=1S/C13H16ClFN2O/c1-2-5-17-12(18)7-11(16)13(17)9-4-3-8(14)6-10(9)15/h3-4,6,11,13H,2,5,7,16H2,1H3. The quantitative estimate of drug-likeness (QED) is 0.917. The van der Waals surface area contributed by atoms with Gasteiger partial charge in [0, 0.05) is 29.6 Å². The van der Waals surface area contributed by atoms with Crippen molar-refractivity contribution in [3.63, 3.8) is 0 Å². The second-order valence-electron chi connectivity index (χ2n) is 4.57. The number of halogens is 2. The number of hydrogen-bond donors (Lipinski definition) is 1. The highest BCUT2D eigenvalue weighted by atomic mass is 35.5. The first-order valence-electron chi connectivity index (χ1n) is 6.04. The van der Waals surface area contributed by atoms with Crippen LogP contribution < -0.4 is 5.73 Å². The lowest BCUT2D eigenvalue weighted by Gasteiger charge is -2.27. The van der Waals surface area contributed by atoms with Crippen LogP contribution in [0.5, 0.6) is 0 Å². The molecule has 1 amide bonds. The van der Waals surface area contributed by atoms with Crippen LogP contribution in [0.4, 0.5) is 4.39 Å². The van der Waals surface area contributed by atoms with Crippen LogP contribution in [0.3, 0.4) is 0 Å². The van der Waals surface area contributed by atoms with Crippen molar-refractivity contribution in [3.05, 3.63) is 34.6 Å². The Morgan fingerprint density at radius 3 is 2.89 bits per heavy atom. The van der Waals surface area contributed by atoms with Gasteiger partial charge in [-0.3, -0.25) is 4.79 Å². The Bertz CT molecular complexity index is 466. The fraction of sp³-hybridized carbons (Fsp3) is 0.462. The van der Waals surface area contributed by atoms with E-state index >= 15 is 0 Å². The summed E-state index contributed by atoms with van der Waals surface area (Å²) in [5.74, 6) is -0.414. The first-order valence-corrected chi connectivity index (χ1v) is 6.42. The van der Waals surface area contributed by atoms with Crippen LogP contribution in [0.25, 0.3) is 0 Å². The van der Waals surface area contributed by atoms with Gasteiger partial charge in [0.25, 0.3) is 0 Å². The minimum atomic E-state index is -0.404. The Labute approximate surface area is 111 Å². The number of likely N-dealkylation sites (tertiary alicyclic amines) is 1. The van der Waals surface area contributed by atoms with E-state index in [1.807, 2.05) is 6.92 Å². The predicted octanol–water partition coefficient (Wildman–Crippen LogP) is 2.49. The third kappa shape index (κ3) is 2.35. The number of nitrogens with zero attached hydrogens (tertiary/aromatic N) is 1. The van der Waals surface area contributed by atoms with Crippen molar-refractivity contribution >= 4 is 17.5 Å². The van der Waals surface area contributed by atoms with Gasteiger partial charge in [0.1, 0.15) is 5.82 Å². The summed E-state index contributed by atoms with van der Waals surface area (Å²) in [5.41, 5.74) is 6.42. The molecule has 1 aromatic carbocycles. The van der Waals surface area contributed by atoms with Crippen LogP contribution in [0.15, 0.2) is 18.2 Å². The van der Waals surface area contributed by atoms with Gasteiger partial charge in [-0.15, -0.1) is 0 Å². The average Bonchev–Trinajstić information content (AvgIpc) is 2.56. The number of carbonyl (C=O) groups excluding carboxylic acids is 1. The molecule has 0 aliphatic carbocycles. The van der Waals surface area contributed by atoms with E-state index < -0.39 is 5.82 Å². The maximum atomic E-state index is 13.9. The lowest BCUT2D eigenvalue weighted by molar-refractivity contribution is -0.129. The average molecular weight is 271 g/mol. The highest BCUT2D eigenvalue weighted by Crippen LogP contribution is 2.34. The van der Waals surface area contributed by atoms with E-state index in [-0.39, 0.29) is 24.4 Å². The van der Waals surface area contributed by atoms with Gasteiger partial charge in [-0.05, 0) is 18.6 Å². The number of nitrogens with two attached hydrogens (primary N) is 1. The molecule has 2 rings (SSSR count). The molecule has 0 bridgehead atoms. The molecule has 0 saturated carbocycles. The van der Waals surface area contributed by atoms with Crippen molar-refractivity contribution in [2.45, 2.75) is 31.8 Å². The highest BCUT2D eigenvalue weighted by Gasteiger charge is 2.39. The Morgan fingerprint density at radius 1 is 1.56 bits per heavy atom. The van der Waals surface area contributed by atoms with Gasteiger partial charge in [0.2, 0.25) is 5.91 Å². The van der Waals surface area contributed by atoms with Crippen LogP contribution >= 0.6 is 11.6 Å². The molecule has 3 nitrogen and oxygen atoms in total. The molecule has 1 aliphatic heterocycles. The molecule has 2 atom stereocenters. The minimum Gasteiger partial charge on any atom is -0.334 e. The number of rotatable bonds is 3. The predicted molar refractivity (Wildman–Crippen MR) is 68.7 cm³/mol. The molecule has 1 aliphatic rings. The molecule has 2 unspecified atom stereocenters. The fourth-order valence-corrected chi connectivity index (χ4v) is 2.62. The van der Waals surface area contributed by atoms with E-state index in [1.165, 1.54) is 6.07 Å². The number of carbonyl (C=O) groups is 1. The third-order valence-electron chi connectivity index (χ3n) is 3.22. The lowest BCUT2D eigenvalue weighted by Crippen LogP contribution is -2.34. The van der Waals surface area contributed by atoms with E-state index in [2.05, 4.69) is 0 Å². The van der Waals surface area contributed by atoms with Crippen LogP contribution in [0.2, 0.25) is 5.02 Å². The van der Waals surface area contributed by atoms with Crippen LogP contribution in [-0.4, -0.2) is 23.4 Å². The summed E-state index contributed by atoms with van der Waals surface area (Å²) < 4.78 is 13.9. The summed E-state index contributed by atoms with van der Waals surface area (Å²) in [6, 6.07) is 3.76. The van der Waals surface area contributed by atoms with E-state index in [0.717, 1.165) is 6.42 Å². The lowest BCUT2D eigenvalue weighted by atomic mass is 10.00. The van der Waals surface area contributed by atoms with Crippen molar-refractivity contribution in [2.75, 3.05) is 6.54 Å². The van der Waals surface area contributed by atoms with E-state index in [9.17, 15) is 9.18 Å². The van der Waals surface area contributed by atoms with Crippen LogP contribution in [0, 0.1) is 5.82 Å². The summed E-state index contributed by atoms with van der Waals surface area (Å²) in [4.78, 5) is 13.5. The van der Waals surface area contributed by atoms with Crippen LogP contribution in [0.1, 0.15) is 31.4 Å². The first-order chi connectivity index (χ1) is 8.54. The van der Waals surface area contributed by atoms with E-state index in [4.69, 9.17) is 17.3 Å². The molecule has 1 saturated heterocycles. The van der Waals surface area contributed by atoms with Crippen molar-refractivity contribution < 1.29 is 9.18 Å². The summed E-state index contributed by atoms with van der Waals surface area (Å²) in [5, 5.41) is 0.344. The minimum absolute atomic E-state index is 0.0105. The normalized spacial score (nSPS) is 23.8. The SMILES string of the molecule is CCCN1C(=O)CC(N)C1c1ccc(Cl)cc1F. The molecule has 0 radical (unpaired) electrons. The van der Waals surface area contributed by atoms with Gasteiger partial charge < -0.3 is 10.6 Å². The zero-order valence-corrected chi connectivity index (χ0v) is 11.0. The Kier molecular flexibility index (Phi) is 3.88. The maximum Gasteiger partial charge on any atom is 0.224 e. The second kappa shape index (κ2) is 5.24. The van der Waals surface area contributed by atoms with Crippen molar-refractivity contribution in [3.8, 4) is 0 Å². The summed E-state index contributed by atoms with van der Waals surface area (Å²) in [7, 11) is 0. The molecular weight excluding hydrogens is 255 g/mol. The van der Waals surface area contributed by atoms with Gasteiger partial charge in [0.05, 0.1) is 6.04 Å². The smallest absolute Gasteiger partial charge is 0.224 e. The summed E-state index contributed by atoms with van der Waals surface area (Å²) in [6.45, 7) is 2.58. The summed E-state index contributed by atoms with van der Waals surface area (Å²) in [6.07, 6.45) is 1.09. The zero-order valence-electron chi connectivity index (χ0n) is 10.2. The molecule has 1 aromatic rings. The first kappa shape index (κ1) is 13.3. The molecule has 1 fully saturated rings. The monoisotopic (exact) mass is 270 g/mol. The van der Waals surface area contributed by atoms with Crippen molar-refractivity contribution in [1.82, 2.24) is 4.90 Å². The Hall–Kier alpha value is -1.13. The molecule has 18 heavy (non-hydrogen) atoms. The molecule has 98 valence electrons. The largest absolute Gasteiger partial charge is 0.334 e. The molecule has 5 heteroatoms. The zero-order chi connectivity index (χ0) is 13.3. The van der Waals surface area contributed by atoms with Crippen molar-refractivity contribution in [2.24, 2.45) is 5.73 Å². The maximum absolute atomic E-state index is 13.9. The van der Waals surface area contributed by atoms with E-state index in [0.29, 0.717) is 17.1 Å². The van der Waals surface area contributed by atoms with Gasteiger partial charge in [0.15, 0.2) is 0 Å². The topological polar surface area (TPSA) is 46.3 Å².